The number of amides is 1. The minimum absolute atomic E-state index is 0.0565. The van der Waals surface area contributed by atoms with Crippen LogP contribution in [0.4, 0.5) is 0 Å². The number of ether oxygens (including phenoxy) is 1. The molecule has 0 fully saturated rings. The third-order valence-electron chi connectivity index (χ3n) is 4.39. The van der Waals surface area contributed by atoms with Gasteiger partial charge in [0, 0.05) is 24.2 Å². The van der Waals surface area contributed by atoms with E-state index in [0.29, 0.717) is 18.7 Å². The maximum Gasteiger partial charge on any atom is 0.272 e. The first kappa shape index (κ1) is 15.7. The summed E-state index contributed by atoms with van der Waals surface area (Å²) >= 11 is 0. The maximum absolute atomic E-state index is 12.4. The summed E-state index contributed by atoms with van der Waals surface area (Å²) in [6.45, 7) is 8.50. The molecule has 3 N–H and O–H groups in total. The van der Waals surface area contributed by atoms with Gasteiger partial charge in [-0.05, 0) is 39.7 Å². The monoisotopic (exact) mass is 317 g/mol. The van der Waals surface area contributed by atoms with Gasteiger partial charge in [0.25, 0.3) is 5.91 Å². The molecular weight excluding hydrogens is 294 g/mol. The third-order valence-corrected chi connectivity index (χ3v) is 4.39. The van der Waals surface area contributed by atoms with Crippen molar-refractivity contribution in [2.75, 3.05) is 6.54 Å². The van der Waals surface area contributed by atoms with Crippen molar-refractivity contribution in [1.29, 1.82) is 0 Å². The lowest BCUT2D eigenvalue weighted by Crippen LogP contribution is -2.29. The number of hydrogen-bond donors (Lipinski definition) is 3. The number of carbonyl (C=O) groups excluding carboxylic acids is 1. The zero-order valence-electron chi connectivity index (χ0n) is 14.0. The van der Waals surface area contributed by atoms with Crippen molar-refractivity contribution in [2.24, 2.45) is 0 Å². The lowest BCUT2D eigenvalue weighted by atomic mass is 9.99. The molecule has 7 heteroatoms. The second-order valence-corrected chi connectivity index (χ2v) is 6.18. The van der Waals surface area contributed by atoms with Crippen LogP contribution in [0, 0.1) is 13.8 Å². The summed E-state index contributed by atoms with van der Waals surface area (Å²) in [5.74, 6) is -0.136. The smallest absolute Gasteiger partial charge is 0.272 e. The zero-order valence-corrected chi connectivity index (χ0v) is 14.0. The van der Waals surface area contributed by atoms with Crippen molar-refractivity contribution in [3.05, 3.63) is 33.9 Å². The maximum atomic E-state index is 12.4. The number of hydrogen-bond acceptors (Lipinski definition) is 4. The molecule has 3 rings (SSSR count). The fourth-order valence-corrected chi connectivity index (χ4v) is 3.19. The average Bonchev–Trinajstić information content (AvgIpc) is 3.05. The molecule has 7 nitrogen and oxygen atoms in total. The number of nitrogens with zero attached hydrogens (tertiary/aromatic N) is 2. The molecule has 1 aliphatic rings. The Labute approximate surface area is 135 Å². The number of rotatable bonds is 4. The van der Waals surface area contributed by atoms with Crippen molar-refractivity contribution in [1.82, 2.24) is 25.7 Å². The highest BCUT2D eigenvalue weighted by atomic mass is 16.5. The molecule has 2 atom stereocenters. The van der Waals surface area contributed by atoms with Crippen LogP contribution < -0.4 is 5.32 Å². The van der Waals surface area contributed by atoms with E-state index in [-0.39, 0.29) is 18.1 Å². The van der Waals surface area contributed by atoms with Crippen LogP contribution in [0.15, 0.2) is 0 Å². The Bertz CT molecular complexity index is 699. The van der Waals surface area contributed by atoms with E-state index in [0.717, 1.165) is 34.6 Å². The molecule has 0 saturated heterocycles. The van der Waals surface area contributed by atoms with Gasteiger partial charge in [-0.2, -0.15) is 10.2 Å². The normalized spacial score (nSPS) is 20.3. The Kier molecular flexibility index (Phi) is 4.21. The summed E-state index contributed by atoms with van der Waals surface area (Å²) in [4.78, 5) is 12.4. The SMILES string of the molecule is Cc1n[nH]c(C)c1CCNC(=O)c1n[nH]c2c1C[C@@H](C)O[C@H]2C. The van der Waals surface area contributed by atoms with Crippen LogP contribution in [-0.2, 0) is 17.6 Å². The quantitative estimate of drug-likeness (QED) is 0.800. The lowest BCUT2D eigenvalue weighted by molar-refractivity contribution is -0.00697. The van der Waals surface area contributed by atoms with Gasteiger partial charge in [-0.25, -0.2) is 0 Å². The summed E-state index contributed by atoms with van der Waals surface area (Å²) in [5, 5.41) is 17.2. The van der Waals surface area contributed by atoms with Crippen LogP contribution in [0.2, 0.25) is 0 Å². The number of aromatic nitrogens is 4. The summed E-state index contributed by atoms with van der Waals surface area (Å²) in [7, 11) is 0. The van der Waals surface area contributed by atoms with Crippen LogP contribution in [0.5, 0.6) is 0 Å². The van der Waals surface area contributed by atoms with Crippen molar-refractivity contribution in [3.8, 4) is 0 Å². The molecule has 0 unspecified atom stereocenters. The number of carbonyl (C=O) groups is 1. The van der Waals surface area contributed by atoms with Crippen LogP contribution in [0.3, 0.4) is 0 Å². The Hall–Kier alpha value is -2.15. The predicted molar refractivity (Wildman–Crippen MR) is 85.4 cm³/mol. The van der Waals surface area contributed by atoms with E-state index in [9.17, 15) is 4.79 Å². The van der Waals surface area contributed by atoms with Gasteiger partial charge >= 0.3 is 0 Å². The van der Waals surface area contributed by atoms with Crippen molar-refractivity contribution in [3.63, 3.8) is 0 Å². The highest BCUT2D eigenvalue weighted by Gasteiger charge is 2.29. The fourth-order valence-electron chi connectivity index (χ4n) is 3.19. The highest BCUT2D eigenvalue weighted by Crippen LogP contribution is 2.29. The number of aromatic amines is 2. The molecule has 1 aliphatic heterocycles. The second kappa shape index (κ2) is 6.16. The fraction of sp³-hybridized carbons (Fsp3) is 0.562. The van der Waals surface area contributed by atoms with Gasteiger partial charge in [0.05, 0.1) is 23.6 Å². The molecule has 0 bridgehead atoms. The predicted octanol–water partition coefficient (Wildman–Crippen LogP) is 1.74. The zero-order chi connectivity index (χ0) is 16.6. The topological polar surface area (TPSA) is 95.7 Å². The first-order valence-electron chi connectivity index (χ1n) is 7.98. The van der Waals surface area contributed by atoms with Crippen LogP contribution >= 0.6 is 0 Å². The minimum Gasteiger partial charge on any atom is -0.369 e. The van der Waals surface area contributed by atoms with Gasteiger partial charge in [0.2, 0.25) is 0 Å². The Morgan fingerprint density at radius 1 is 1.30 bits per heavy atom. The molecular formula is C16H23N5O2. The molecule has 0 aromatic carbocycles. The molecule has 3 heterocycles. The van der Waals surface area contributed by atoms with E-state index in [1.807, 2.05) is 27.7 Å². The molecule has 0 saturated carbocycles. The molecule has 2 aromatic heterocycles. The van der Waals surface area contributed by atoms with Crippen molar-refractivity contribution in [2.45, 2.75) is 52.7 Å². The standard InChI is InChI=1S/C16H23N5O2/c1-8-7-13-14(11(4)23-8)20-21-15(13)16(22)17-6-5-12-9(2)18-19-10(12)3/h8,11H,5-7H2,1-4H3,(H,17,22)(H,18,19)(H,20,21)/t8-,11+/m1/s1. The Morgan fingerprint density at radius 3 is 2.78 bits per heavy atom. The van der Waals surface area contributed by atoms with Gasteiger partial charge in [0.15, 0.2) is 5.69 Å². The molecule has 0 radical (unpaired) electrons. The third kappa shape index (κ3) is 3.01. The van der Waals surface area contributed by atoms with E-state index < -0.39 is 0 Å². The number of fused-ring (bicyclic) bond motifs is 1. The highest BCUT2D eigenvalue weighted by molar-refractivity contribution is 5.94. The Morgan fingerprint density at radius 2 is 2.09 bits per heavy atom. The number of H-pyrrole nitrogens is 2. The van der Waals surface area contributed by atoms with E-state index >= 15 is 0 Å². The van der Waals surface area contributed by atoms with Gasteiger partial charge in [-0.1, -0.05) is 0 Å². The summed E-state index contributed by atoms with van der Waals surface area (Å²) in [5.41, 5.74) is 5.56. The van der Waals surface area contributed by atoms with Crippen molar-refractivity contribution >= 4 is 5.91 Å². The van der Waals surface area contributed by atoms with E-state index in [1.165, 1.54) is 0 Å². The molecule has 124 valence electrons. The Balaban J connectivity index is 1.66. The molecule has 1 amide bonds. The van der Waals surface area contributed by atoms with E-state index in [2.05, 4.69) is 25.7 Å². The van der Waals surface area contributed by atoms with Crippen LogP contribution in [0.25, 0.3) is 0 Å². The summed E-state index contributed by atoms with van der Waals surface area (Å²) in [6.07, 6.45) is 1.50. The van der Waals surface area contributed by atoms with E-state index in [1.54, 1.807) is 0 Å². The van der Waals surface area contributed by atoms with Gasteiger partial charge in [-0.3, -0.25) is 15.0 Å². The number of aryl methyl sites for hydroxylation is 2. The van der Waals surface area contributed by atoms with Crippen LogP contribution in [-0.4, -0.2) is 39.0 Å². The average molecular weight is 317 g/mol. The van der Waals surface area contributed by atoms with Crippen LogP contribution in [0.1, 0.15) is 58.6 Å². The summed E-state index contributed by atoms with van der Waals surface area (Å²) < 4.78 is 5.75. The van der Waals surface area contributed by atoms with Gasteiger partial charge in [0.1, 0.15) is 0 Å². The molecule has 23 heavy (non-hydrogen) atoms. The number of nitrogens with one attached hydrogen (secondary N) is 3. The largest absolute Gasteiger partial charge is 0.369 e. The van der Waals surface area contributed by atoms with E-state index in [4.69, 9.17) is 4.74 Å². The van der Waals surface area contributed by atoms with Gasteiger partial charge in [-0.15, -0.1) is 0 Å². The lowest BCUT2D eigenvalue weighted by Gasteiger charge is -2.25. The minimum atomic E-state index is -0.136. The molecule has 2 aromatic rings. The molecule has 0 aliphatic carbocycles. The molecule has 0 spiro atoms. The van der Waals surface area contributed by atoms with Crippen molar-refractivity contribution < 1.29 is 9.53 Å². The summed E-state index contributed by atoms with van der Waals surface area (Å²) in [6, 6.07) is 0. The first-order valence-corrected chi connectivity index (χ1v) is 7.98. The second-order valence-electron chi connectivity index (χ2n) is 6.18. The van der Waals surface area contributed by atoms with Gasteiger partial charge < -0.3 is 10.1 Å². The first-order chi connectivity index (χ1) is 11.0.